The highest BCUT2D eigenvalue weighted by molar-refractivity contribution is 6.21. The number of hydrogen-bond acceptors (Lipinski definition) is 4. The number of ether oxygens (including phenoxy) is 1. The van der Waals surface area contributed by atoms with Gasteiger partial charge in [0.15, 0.2) is 0 Å². The molecule has 0 radical (unpaired) electrons. The molecular weight excluding hydrogens is 290 g/mol. The maximum Gasteiger partial charge on any atom is 0.350 e. The molecule has 0 saturated carbocycles. The third kappa shape index (κ3) is 2.23. The van der Waals surface area contributed by atoms with E-state index in [0.29, 0.717) is 6.42 Å². The van der Waals surface area contributed by atoms with Crippen LogP contribution in [0.3, 0.4) is 0 Å². The Morgan fingerprint density at radius 2 is 1.70 bits per heavy atom. The lowest BCUT2D eigenvalue weighted by Gasteiger charge is -2.11. The molecule has 0 spiro atoms. The molecule has 1 aliphatic rings. The Kier molecular flexibility index (Phi) is 3.23. The molecule has 0 amide bonds. The summed E-state index contributed by atoms with van der Waals surface area (Å²) < 4.78 is 4.76. The average Bonchev–Trinajstić information content (AvgIpc) is 3.08. The molecule has 1 aliphatic heterocycles. The van der Waals surface area contributed by atoms with Crippen LogP contribution >= 0.6 is 0 Å². The molecule has 1 heterocycles. The number of carbonyl (C=O) groups is 1. The predicted octanol–water partition coefficient (Wildman–Crippen LogP) is 3.66. The monoisotopic (exact) mass is 305 g/mol. The van der Waals surface area contributed by atoms with Gasteiger partial charge in [-0.3, -0.25) is 0 Å². The molecule has 1 unspecified atom stereocenters. The van der Waals surface area contributed by atoms with Gasteiger partial charge in [0.25, 0.3) is 0 Å². The minimum absolute atomic E-state index is 0.395. The van der Waals surface area contributed by atoms with Gasteiger partial charge in [0.1, 0.15) is 0 Å². The first-order valence-electron chi connectivity index (χ1n) is 7.49. The fourth-order valence-corrected chi connectivity index (χ4v) is 3.11. The van der Waals surface area contributed by atoms with Crippen LogP contribution in [0.2, 0.25) is 0 Å². The lowest BCUT2D eigenvalue weighted by molar-refractivity contribution is -0.152. The largest absolute Gasteiger partial charge is 0.466 e. The lowest BCUT2D eigenvalue weighted by Crippen LogP contribution is -2.22. The van der Waals surface area contributed by atoms with Gasteiger partial charge in [0.05, 0.1) is 12.8 Å². The van der Waals surface area contributed by atoms with E-state index in [0.717, 1.165) is 32.8 Å². The van der Waals surface area contributed by atoms with Crippen molar-refractivity contribution >= 4 is 33.2 Å². The maximum atomic E-state index is 11.7. The van der Waals surface area contributed by atoms with E-state index in [9.17, 15) is 4.79 Å². The summed E-state index contributed by atoms with van der Waals surface area (Å²) in [5.74, 6) is -0.395. The Hall–Kier alpha value is -2.88. The first kappa shape index (κ1) is 13.8. The van der Waals surface area contributed by atoms with Crippen molar-refractivity contribution in [1.29, 1.82) is 0 Å². The van der Waals surface area contributed by atoms with E-state index in [-0.39, 0.29) is 0 Å². The number of hydrogen-bond donors (Lipinski definition) is 0. The van der Waals surface area contributed by atoms with Gasteiger partial charge >= 0.3 is 5.97 Å². The summed E-state index contributed by atoms with van der Waals surface area (Å²) >= 11 is 0. The molecule has 23 heavy (non-hydrogen) atoms. The molecule has 4 rings (SSSR count). The molecule has 0 bridgehead atoms. The number of fused-ring (bicyclic) bond motifs is 2. The van der Waals surface area contributed by atoms with Gasteiger partial charge in [0, 0.05) is 12.0 Å². The van der Waals surface area contributed by atoms with Crippen LogP contribution in [0.25, 0.3) is 21.5 Å². The lowest BCUT2D eigenvalue weighted by atomic mass is 9.92. The Bertz CT molecular complexity index is 892. The van der Waals surface area contributed by atoms with E-state index in [1.165, 1.54) is 7.11 Å². The highest BCUT2D eigenvalue weighted by Gasteiger charge is 2.31. The van der Waals surface area contributed by atoms with Crippen molar-refractivity contribution in [3.63, 3.8) is 0 Å². The molecule has 0 aliphatic carbocycles. The minimum Gasteiger partial charge on any atom is -0.466 e. The molecule has 0 aromatic heterocycles. The summed E-state index contributed by atoms with van der Waals surface area (Å²) in [7, 11) is 1.36. The highest BCUT2D eigenvalue weighted by Crippen LogP contribution is 2.32. The minimum atomic E-state index is -0.660. The van der Waals surface area contributed by atoms with Gasteiger partial charge < -0.3 is 9.57 Å². The van der Waals surface area contributed by atoms with Crippen LogP contribution in [-0.4, -0.2) is 24.9 Å². The number of methoxy groups -OCH3 is 1. The van der Waals surface area contributed by atoms with Crippen molar-refractivity contribution in [2.24, 2.45) is 5.16 Å². The molecule has 4 nitrogen and oxygen atoms in total. The van der Waals surface area contributed by atoms with Crippen LogP contribution in [0.5, 0.6) is 0 Å². The van der Waals surface area contributed by atoms with Crippen LogP contribution in [0.15, 0.2) is 59.8 Å². The SMILES string of the molecule is COC(=O)C1CC(c2c3ccccc3cc3ccccc23)=NO1. The molecular formula is C19H15NO3. The Morgan fingerprint density at radius 3 is 2.30 bits per heavy atom. The van der Waals surface area contributed by atoms with E-state index >= 15 is 0 Å². The van der Waals surface area contributed by atoms with Crippen LogP contribution in [-0.2, 0) is 14.4 Å². The second-order valence-electron chi connectivity index (χ2n) is 5.55. The molecule has 0 N–H and O–H groups in total. The van der Waals surface area contributed by atoms with Crippen LogP contribution in [0.1, 0.15) is 12.0 Å². The zero-order valence-corrected chi connectivity index (χ0v) is 12.7. The number of esters is 1. The summed E-state index contributed by atoms with van der Waals surface area (Å²) in [6, 6.07) is 18.5. The summed E-state index contributed by atoms with van der Waals surface area (Å²) in [4.78, 5) is 17.0. The van der Waals surface area contributed by atoms with Gasteiger partial charge in [-0.1, -0.05) is 53.7 Å². The summed E-state index contributed by atoms with van der Waals surface area (Å²) in [6.45, 7) is 0. The summed E-state index contributed by atoms with van der Waals surface area (Å²) in [5.41, 5.74) is 1.82. The Balaban J connectivity index is 1.92. The van der Waals surface area contributed by atoms with Gasteiger partial charge in [-0.15, -0.1) is 0 Å². The molecule has 3 aromatic carbocycles. The third-order valence-corrected chi connectivity index (χ3v) is 4.19. The Morgan fingerprint density at radius 1 is 1.09 bits per heavy atom. The van der Waals surface area contributed by atoms with E-state index in [2.05, 4.69) is 35.5 Å². The fraction of sp³-hybridized carbons (Fsp3) is 0.158. The van der Waals surface area contributed by atoms with Gasteiger partial charge in [-0.05, 0) is 27.6 Å². The number of rotatable bonds is 2. The molecule has 1 atom stereocenters. The van der Waals surface area contributed by atoms with Crippen molar-refractivity contribution in [1.82, 2.24) is 0 Å². The number of nitrogens with zero attached hydrogens (tertiary/aromatic N) is 1. The quantitative estimate of drug-likeness (QED) is 0.536. The first-order valence-corrected chi connectivity index (χ1v) is 7.49. The fourth-order valence-electron chi connectivity index (χ4n) is 3.11. The second kappa shape index (κ2) is 5.39. The Labute approximate surface area is 133 Å². The molecule has 4 heteroatoms. The smallest absolute Gasteiger partial charge is 0.350 e. The van der Waals surface area contributed by atoms with Gasteiger partial charge in [-0.25, -0.2) is 4.79 Å². The van der Waals surface area contributed by atoms with E-state index in [1.807, 2.05) is 24.3 Å². The van der Waals surface area contributed by atoms with Gasteiger partial charge in [-0.2, -0.15) is 0 Å². The molecule has 3 aromatic rings. The standard InChI is InChI=1S/C19H15NO3/c1-22-19(21)17-11-16(20-23-17)18-14-8-4-2-6-12(14)10-13-7-3-5-9-15(13)18/h2-10,17H,11H2,1H3. The van der Waals surface area contributed by atoms with Crippen molar-refractivity contribution in [3.05, 3.63) is 60.2 Å². The normalized spacial score (nSPS) is 17.1. The van der Waals surface area contributed by atoms with Crippen LogP contribution in [0.4, 0.5) is 0 Å². The van der Waals surface area contributed by atoms with E-state index < -0.39 is 12.1 Å². The third-order valence-electron chi connectivity index (χ3n) is 4.19. The number of benzene rings is 3. The van der Waals surface area contributed by atoms with Crippen molar-refractivity contribution in [3.8, 4) is 0 Å². The summed E-state index contributed by atoms with van der Waals surface area (Å²) in [5, 5.41) is 8.68. The predicted molar refractivity (Wildman–Crippen MR) is 89.5 cm³/mol. The number of oxime groups is 1. The van der Waals surface area contributed by atoms with Crippen molar-refractivity contribution in [2.45, 2.75) is 12.5 Å². The maximum absolute atomic E-state index is 11.7. The van der Waals surface area contributed by atoms with Crippen molar-refractivity contribution < 1.29 is 14.4 Å². The van der Waals surface area contributed by atoms with E-state index in [1.54, 1.807) is 0 Å². The zero-order chi connectivity index (χ0) is 15.8. The summed E-state index contributed by atoms with van der Waals surface area (Å²) in [6.07, 6.45) is -0.238. The molecule has 0 fully saturated rings. The van der Waals surface area contributed by atoms with Crippen LogP contribution < -0.4 is 0 Å². The van der Waals surface area contributed by atoms with Crippen LogP contribution in [0, 0.1) is 0 Å². The number of carbonyl (C=O) groups excluding carboxylic acids is 1. The molecule has 114 valence electrons. The first-order chi connectivity index (χ1) is 11.3. The zero-order valence-electron chi connectivity index (χ0n) is 12.7. The van der Waals surface area contributed by atoms with Crippen molar-refractivity contribution in [2.75, 3.05) is 7.11 Å². The molecule has 0 saturated heterocycles. The highest BCUT2D eigenvalue weighted by atomic mass is 16.7. The second-order valence-corrected chi connectivity index (χ2v) is 5.55. The van der Waals surface area contributed by atoms with Gasteiger partial charge in [0.2, 0.25) is 6.10 Å². The average molecular weight is 305 g/mol. The van der Waals surface area contributed by atoms with E-state index in [4.69, 9.17) is 9.57 Å². The topological polar surface area (TPSA) is 47.9 Å².